The van der Waals surface area contributed by atoms with Crippen molar-refractivity contribution in [3.8, 4) is 5.75 Å². The zero-order chi connectivity index (χ0) is 29.0. The van der Waals surface area contributed by atoms with Crippen molar-refractivity contribution >= 4 is 28.1 Å². The molecular formula is C37H33BN2OSi. The van der Waals surface area contributed by atoms with Crippen LogP contribution in [-0.2, 0) is 5.16 Å². The molecule has 5 aromatic carbocycles. The van der Waals surface area contributed by atoms with Gasteiger partial charge in [0.2, 0.25) is 0 Å². The molecule has 204 valence electrons. The third-order valence-corrected chi connectivity index (χ3v) is 9.92. The van der Waals surface area contributed by atoms with Crippen LogP contribution in [0, 0.1) is 0 Å². The van der Waals surface area contributed by atoms with Gasteiger partial charge in [-0.3, -0.25) is 0 Å². The number of hydrogen-bond acceptors (Lipinski definition) is 2. The smallest absolute Gasteiger partial charge is 0.118 e. The van der Waals surface area contributed by atoms with E-state index in [-0.39, 0.29) is 5.16 Å². The fraction of sp³-hybridized carbons (Fsp3) is 0.0541. The van der Waals surface area contributed by atoms with Crippen LogP contribution in [0.25, 0.3) is 5.57 Å². The minimum atomic E-state index is -0.858. The second-order valence-electron chi connectivity index (χ2n) is 9.90. The first-order valence-electron chi connectivity index (χ1n) is 14.0. The summed E-state index contributed by atoms with van der Waals surface area (Å²) in [4.78, 5) is 4.37. The topological polar surface area (TPSA) is 27.1 Å². The standard InChI is InChI=1S/C23H22N2OSi.C14H11B/c1-26-21-13-8-14-22(17-21)27-23(25-16-15-24-18-25,19-9-4-2-5-10-19)20-11-6-3-7-12-20;15-11-14(12-7-3-1-4-8-12)13-9-5-2-6-10-13/h2-18H,27H2,1H3;1-11H. The highest BCUT2D eigenvalue weighted by Crippen LogP contribution is 2.33. The fourth-order valence-corrected chi connectivity index (χ4v) is 7.74. The van der Waals surface area contributed by atoms with Crippen molar-refractivity contribution in [3.63, 3.8) is 0 Å². The van der Waals surface area contributed by atoms with Crippen LogP contribution in [0.1, 0.15) is 22.3 Å². The Morgan fingerprint density at radius 3 is 1.69 bits per heavy atom. The Labute approximate surface area is 252 Å². The van der Waals surface area contributed by atoms with Gasteiger partial charge in [0.05, 0.1) is 28.1 Å². The number of imidazole rings is 1. The van der Waals surface area contributed by atoms with Gasteiger partial charge in [-0.25, -0.2) is 4.98 Å². The predicted octanol–water partition coefficient (Wildman–Crippen LogP) is 6.38. The lowest BCUT2D eigenvalue weighted by atomic mass is 9.92. The summed E-state index contributed by atoms with van der Waals surface area (Å²) >= 11 is 0. The average Bonchev–Trinajstić information content (AvgIpc) is 3.62. The molecule has 1 aromatic heterocycles. The Hall–Kier alpha value is -4.87. The summed E-state index contributed by atoms with van der Waals surface area (Å²) in [5.74, 6) is 2.56. The van der Waals surface area contributed by atoms with Crippen molar-refractivity contribution in [2.75, 3.05) is 7.11 Å². The lowest BCUT2D eigenvalue weighted by Gasteiger charge is -2.37. The van der Waals surface area contributed by atoms with Crippen LogP contribution in [-0.4, -0.2) is 34.0 Å². The maximum atomic E-state index is 5.67. The molecule has 1 heterocycles. The van der Waals surface area contributed by atoms with Crippen LogP contribution >= 0.6 is 0 Å². The maximum Gasteiger partial charge on any atom is 0.118 e. The normalized spacial score (nSPS) is 11.0. The largest absolute Gasteiger partial charge is 0.497 e. The minimum absolute atomic E-state index is 0.259. The first-order valence-corrected chi connectivity index (χ1v) is 15.4. The van der Waals surface area contributed by atoms with Crippen LogP contribution in [0.4, 0.5) is 0 Å². The molecule has 0 amide bonds. The first-order chi connectivity index (χ1) is 20.7. The van der Waals surface area contributed by atoms with Gasteiger partial charge < -0.3 is 9.30 Å². The van der Waals surface area contributed by atoms with Crippen molar-refractivity contribution in [1.82, 2.24) is 9.55 Å². The van der Waals surface area contributed by atoms with Gasteiger partial charge in [-0.2, -0.15) is 0 Å². The summed E-state index contributed by atoms with van der Waals surface area (Å²) in [5.41, 5.74) is 5.92. The molecule has 0 aliphatic rings. The van der Waals surface area contributed by atoms with E-state index in [0.29, 0.717) is 0 Å². The van der Waals surface area contributed by atoms with E-state index >= 15 is 0 Å². The summed E-state index contributed by atoms with van der Waals surface area (Å²) < 4.78 is 7.74. The molecule has 6 rings (SSSR count). The molecule has 0 spiro atoms. The molecule has 2 radical (unpaired) electrons. The summed E-state index contributed by atoms with van der Waals surface area (Å²) in [7, 11) is 6.54. The fourth-order valence-electron chi connectivity index (χ4n) is 5.35. The van der Waals surface area contributed by atoms with Crippen molar-refractivity contribution in [3.05, 3.63) is 193 Å². The Bertz CT molecular complexity index is 1590. The van der Waals surface area contributed by atoms with Crippen LogP contribution < -0.4 is 9.92 Å². The van der Waals surface area contributed by atoms with Crippen molar-refractivity contribution in [2.45, 2.75) is 5.16 Å². The molecule has 0 saturated heterocycles. The van der Waals surface area contributed by atoms with Crippen LogP contribution in [0.3, 0.4) is 0 Å². The van der Waals surface area contributed by atoms with Crippen LogP contribution in [0.5, 0.6) is 5.75 Å². The molecule has 0 saturated carbocycles. The summed E-state index contributed by atoms with van der Waals surface area (Å²) in [6, 6.07) is 50.3. The van der Waals surface area contributed by atoms with Gasteiger partial charge in [0, 0.05) is 12.4 Å². The summed E-state index contributed by atoms with van der Waals surface area (Å²) in [5, 5.41) is 1.08. The molecule has 6 aromatic rings. The lowest BCUT2D eigenvalue weighted by molar-refractivity contribution is 0.415. The minimum Gasteiger partial charge on any atom is -0.497 e. The predicted molar refractivity (Wildman–Crippen MR) is 178 cm³/mol. The van der Waals surface area contributed by atoms with E-state index < -0.39 is 9.52 Å². The molecule has 42 heavy (non-hydrogen) atoms. The quantitative estimate of drug-likeness (QED) is 0.202. The second kappa shape index (κ2) is 14.2. The molecule has 0 fully saturated rings. The highest BCUT2D eigenvalue weighted by Gasteiger charge is 2.36. The zero-order valence-corrected chi connectivity index (χ0v) is 25.2. The van der Waals surface area contributed by atoms with Crippen LogP contribution in [0.15, 0.2) is 170 Å². The lowest BCUT2D eigenvalue weighted by Crippen LogP contribution is -2.46. The number of nitrogens with zero attached hydrogens (tertiary/aromatic N) is 2. The van der Waals surface area contributed by atoms with Crippen molar-refractivity contribution in [1.29, 1.82) is 0 Å². The summed E-state index contributed by atoms with van der Waals surface area (Å²) in [6.07, 6.45) is 5.88. The highest BCUT2D eigenvalue weighted by molar-refractivity contribution is 6.57. The van der Waals surface area contributed by atoms with E-state index in [9.17, 15) is 0 Å². The monoisotopic (exact) mass is 560 g/mol. The number of benzene rings is 5. The van der Waals surface area contributed by atoms with Gasteiger partial charge in [0.25, 0.3) is 0 Å². The number of aromatic nitrogens is 2. The van der Waals surface area contributed by atoms with E-state index in [1.807, 2.05) is 55.0 Å². The van der Waals surface area contributed by atoms with Crippen molar-refractivity contribution < 1.29 is 4.74 Å². The molecule has 0 bridgehead atoms. The molecule has 0 aliphatic heterocycles. The zero-order valence-electron chi connectivity index (χ0n) is 23.8. The SMILES string of the molecule is COc1cccc([SiH2]C(c2ccccc2)(c2ccccc2)n2ccnc2)c1.[B]C=C(c1ccccc1)c1ccccc1. The van der Waals surface area contributed by atoms with Gasteiger partial charge in [-0.05, 0) is 40.0 Å². The Morgan fingerprint density at radius 1 is 0.714 bits per heavy atom. The average molecular weight is 561 g/mol. The molecule has 0 N–H and O–H groups in total. The number of hydrogen-bond donors (Lipinski definition) is 0. The third kappa shape index (κ3) is 6.54. The van der Waals surface area contributed by atoms with E-state index in [2.05, 4.69) is 119 Å². The summed E-state index contributed by atoms with van der Waals surface area (Å²) in [6.45, 7) is 0. The maximum absolute atomic E-state index is 5.67. The second-order valence-corrected chi connectivity index (χ2v) is 12.1. The van der Waals surface area contributed by atoms with E-state index in [0.717, 1.165) is 22.4 Å². The molecule has 0 atom stereocenters. The van der Waals surface area contributed by atoms with Gasteiger partial charge in [0.1, 0.15) is 13.6 Å². The number of ether oxygens (including phenoxy) is 1. The van der Waals surface area contributed by atoms with E-state index in [1.165, 1.54) is 16.3 Å². The molecule has 0 unspecified atom stereocenters. The molecule has 3 nitrogen and oxygen atoms in total. The van der Waals surface area contributed by atoms with Gasteiger partial charge in [0.15, 0.2) is 0 Å². The molecule has 0 aliphatic carbocycles. The number of methoxy groups -OCH3 is 1. The van der Waals surface area contributed by atoms with Crippen molar-refractivity contribution in [2.24, 2.45) is 0 Å². The van der Waals surface area contributed by atoms with Gasteiger partial charge >= 0.3 is 0 Å². The molecular weight excluding hydrogens is 527 g/mol. The van der Waals surface area contributed by atoms with Gasteiger partial charge in [-0.1, -0.05) is 139 Å². The van der Waals surface area contributed by atoms with E-state index in [4.69, 9.17) is 12.6 Å². The first kappa shape index (κ1) is 28.7. The number of rotatable bonds is 8. The highest BCUT2D eigenvalue weighted by atomic mass is 28.2. The Balaban J connectivity index is 0.000000199. The van der Waals surface area contributed by atoms with Crippen LogP contribution in [0.2, 0.25) is 0 Å². The Kier molecular flexibility index (Phi) is 9.66. The van der Waals surface area contributed by atoms with E-state index in [1.54, 1.807) is 13.1 Å². The molecule has 5 heteroatoms. The Morgan fingerprint density at radius 2 is 1.24 bits per heavy atom. The van der Waals surface area contributed by atoms with Gasteiger partial charge in [-0.15, -0.1) is 5.98 Å². The third-order valence-electron chi connectivity index (χ3n) is 7.38.